The number of hydrogen-bond donors (Lipinski definition) is 1. The van der Waals surface area contributed by atoms with Crippen LogP contribution in [0.4, 0.5) is 10.1 Å². The smallest absolute Gasteiger partial charge is 0.266 e. The molecule has 4 aromatic rings. The first-order chi connectivity index (χ1) is 16.1. The van der Waals surface area contributed by atoms with Gasteiger partial charge in [-0.15, -0.1) is 0 Å². The van der Waals surface area contributed by atoms with E-state index in [9.17, 15) is 14.4 Å². The summed E-state index contributed by atoms with van der Waals surface area (Å²) in [4.78, 5) is 12.8. The molecular formula is C27H22FN3O2. The average molecular weight is 439 g/mol. The largest absolute Gasteiger partial charge is 0.494 e. The van der Waals surface area contributed by atoms with Gasteiger partial charge in [0.2, 0.25) is 0 Å². The van der Waals surface area contributed by atoms with Gasteiger partial charge in [-0.25, -0.2) is 4.39 Å². The Bertz CT molecular complexity index is 1360. The summed E-state index contributed by atoms with van der Waals surface area (Å²) in [5.74, 6) is -0.139. The highest BCUT2D eigenvalue weighted by atomic mass is 19.1. The molecule has 0 spiro atoms. The van der Waals surface area contributed by atoms with Gasteiger partial charge in [0.25, 0.3) is 5.91 Å². The third-order valence-electron chi connectivity index (χ3n) is 5.15. The molecule has 33 heavy (non-hydrogen) atoms. The van der Waals surface area contributed by atoms with Crippen LogP contribution in [0.1, 0.15) is 18.1 Å². The lowest BCUT2D eigenvalue weighted by Gasteiger charge is -2.07. The van der Waals surface area contributed by atoms with Crippen LogP contribution in [0.15, 0.2) is 84.6 Å². The first kappa shape index (κ1) is 21.8. The second-order valence-corrected chi connectivity index (χ2v) is 7.44. The lowest BCUT2D eigenvalue weighted by Crippen LogP contribution is -2.13. The van der Waals surface area contributed by atoms with E-state index in [1.54, 1.807) is 42.5 Å². The fraction of sp³-hybridized carbons (Fsp3) is 0.111. The Morgan fingerprint density at radius 1 is 1.12 bits per heavy atom. The third kappa shape index (κ3) is 5.10. The van der Waals surface area contributed by atoms with E-state index in [4.69, 9.17) is 4.74 Å². The second kappa shape index (κ2) is 9.84. The van der Waals surface area contributed by atoms with Crippen molar-refractivity contribution in [2.45, 2.75) is 13.5 Å². The summed E-state index contributed by atoms with van der Waals surface area (Å²) in [6.07, 6.45) is 3.49. The molecule has 6 heteroatoms. The van der Waals surface area contributed by atoms with Gasteiger partial charge in [0.05, 0.1) is 6.61 Å². The number of carbonyl (C=O) groups is 1. The number of ether oxygens (including phenoxy) is 1. The normalized spacial score (nSPS) is 11.2. The third-order valence-corrected chi connectivity index (χ3v) is 5.15. The van der Waals surface area contributed by atoms with Gasteiger partial charge in [-0.05, 0) is 48.9 Å². The van der Waals surface area contributed by atoms with E-state index in [0.29, 0.717) is 24.6 Å². The van der Waals surface area contributed by atoms with Crippen LogP contribution in [0.25, 0.3) is 17.0 Å². The highest BCUT2D eigenvalue weighted by Crippen LogP contribution is 2.25. The summed E-state index contributed by atoms with van der Waals surface area (Å²) in [5.41, 5.74) is 3.19. The number of halogens is 1. The zero-order valence-corrected chi connectivity index (χ0v) is 18.1. The minimum Gasteiger partial charge on any atom is -0.494 e. The number of fused-ring (bicyclic) bond motifs is 1. The van der Waals surface area contributed by atoms with Gasteiger partial charge in [-0.2, -0.15) is 5.26 Å². The number of rotatable bonds is 7. The van der Waals surface area contributed by atoms with Crippen molar-refractivity contribution in [3.05, 3.63) is 102 Å². The van der Waals surface area contributed by atoms with Crippen molar-refractivity contribution < 1.29 is 13.9 Å². The summed E-state index contributed by atoms with van der Waals surface area (Å²) < 4.78 is 20.8. The number of benzene rings is 3. The van der Waals surface area contributed by atoms with Crippen molar-refractivity contribution in [2.75, 3.05) is 11.9 Å². The average Bonchev–Trinajstić information content (AvgIpc) is 3.16. The predicted molar refractivity (Wildman–Crippen MR) is 127 cm³/mol. The Hall–Kier alpha value is -4.37. The molecule has 164 valence electrons. The van der Waals surface area contributed by atoms with E-state index in [1.807, 2.05) is 48.0 Å². The molecule has 0 bridgehead atoms. The SMILES string of the molecule is CCOc1cccc(NC(=O)C(C#N)=Cc2cn(Cc3ccc(F)cc3)c3ccccc23)c1. The van der Waals surface area contributed by atoms with Crippen molar-refractivity contribution in [1.82, 2.24) is 4.57 Å². The molecule has 0 radical (unpaired) electrons. The molecule has 0 fully saturated rings. The number of amides is 1. The number of carbonyl (C=O) groups excluding carboxylic acids is 1. The van der Waals surface area contributed by atoms with E-state index in [2.05, 4.69) is 5.32 Å². The summed E-state index contributed by atoms with van der Waals surface area (Å²) in [6, 6.07) is 23.1. The highest BCUT2D eigenvalue weighted by Gasteiger charge is 2.13. The Morgan fingerprint density at radius 3 is 2.67 bits per heavy atom. The van der Waals surface area contributed by atoms with Crippen LogP contribution in [0.3, 0.4) is 0 Å². The van der Waals surface area contributed by atoms with Gasteiger partial charge in [-0.3, -0.25) is 4.79 Å². The second-order valence-electron chi connectivity index (χ2n) is 7.44. The molecular weight excluding hydrogens is 417 g/mol. The van der Waals surface area contributed by atoms with Crippen LogP contribution in [-0.4, -0.2) is 17.1 Å². The number of nitriles is 1. The fourth-order valence-electron chi connectivity index (χ4n) is 3.64. The van der Waals surface area contributed by atoms with Gasteiger partial charge < -0.3 is 14.6 Å². The van der Waals surface area contributed by atoms with Gasteiger partial charge in [0.1, 0.15) is 23.2 Å². The summed E-state index contributed by atoms with van der Waals surface area (Å²) >= 11 is 0. The Balaban J connectivity index is 1.63. The Labute approximate surface area is 191 Å². The van der Waals surface area contributed by atoms with Crippen molar-refractivity contribution in [3.8, 4) is 11.8 Å². The summed E-state index contributed by atoms with van der Waals surface area (Å²) in [7, 11) is 0. The topological polar surface area (TPSA) is 67.0 Å². The Morgan fingerprint density at radius 2 is 1.91 bits per heavy atom. The lowest BCUT2D eigenvalue weighted by molar-refractivity contribution is -0.112. The van der Waals surface area contributed by atoms with Crippen LogP contribution in [-0.2, 0) is 11.3 Å². The first-order valence-corrected chi connectivity index (χ1v) is 10.6. The molecule has 0 unspecified atom stereocenters. The Kier molecular flexibility index (Phi) is 6.51. The maximum atomic E-state index is 13.3. The van der Waals surface area contributed by atoms with Gasteiger partial charge in [-0.1, -0.05) is 36.4 Å². The molecule has 0 aliphatic rings. The van der Waals surface area contributed by atoms with Crippen molar-refractivity contribution in [2.24, 2.45) is 0 Å². The van der Waals surface area contributed by atoms with Gasteiger partial charge in [0.15, 0.2) is 0 Å². The van der Waals surface area contributed by atoms with Gasteiger partial charge >= 0.3 is 0 Å². The first-order valence-electron chi connectivity index (χ1n) is 10.6. The molecule has 1 aromatic heterocycles. The number of nitrogens with zero attached hydrogens (tertiary/aromatic N) is 2. The van der Waals surface area contributed by atoms with Crippen molar-refractivity contribution >= 4 is 28.6 Å². The molecule has 1 N–H and O–H groups in total. The molecule has 3 aromatic carbocycles. The molecule has 1 amide bonds. The van der Waals surface area contributed by atoms with E-state index in [-0.39, 0.29) is 11.4 Å². The minimum absolute atomic E-state index is 0.0125. The van der Waals surface area contributed by atoms with E-state index >= 15 is 0 Å². The van der Waals surface area contributed by atoms with Crippen LogP contribution in [0.5, 0.6) is 5.75 Å². The molecule has 0 aliphatic heterocycles. The molecule has 0 saturated heterocycles. The molecule has 1 heterocycles. The predicted octanol–water partition coefficient (Wildman–Crippen LogP) is 5.77. The maximum absolute atomic E-state index is 13.3. The van der Waals surface area contributed by atoms with Crippen LogP contribution in [0.2, 0.25) is 0 Å². The molecule has 0 atom stereocenters. The highest BCUT2D eigenvalue weighted by molar-refractivity contribution is 6.10. The van der Waals surface area contributed by atoms with Crippen LogP contribution >= 0.6 is 0 Å². The van der Waals surface area contributed by atoms with Gasteiger partial charge in [0, 0.05) is 41.0 Å². The fourth-order valence-corrected chi connectivity index (χ4v) is 3.64. The zero-order chi connectivity index (χ0) is 23.2. The van der Waals surface area contributed by atoms with Crippen LogP contribution < -0.4 is 10.1 Å². The summed E-state index contributed by atoms with van der Waals surface area (Å²) in [5, 5.41) is 13.3. The summed E-state index contributed by atoms with van der Waals surface area (Å²) in [6.45, 7) is 2.93. The maximum Gasteiger partial charge on any atom is 0.266 e. The monoisotopic (exact) mass is 439 g/mol. The molecule has 5 nitrogen and oxygen atoms in total. The zero-order valence-electron chi connectivity index (χ0n) is 18.1. The van der Waals surface area contributed by atoms with Crippen molar-refractivity contribution in [3.63, 3.8) is 0 Å². The quantitative estimate of drug-likeness (QED) is 0.293. The van der Waals surface area contributed by atoms with Crippen molar-refractivity contribution in [1.29, 1.82) is 5.26 Å². The molecule has 0 aliphatic carbocycles. The standard InChI is InChI=1S/C27H22FN3O2/c1-2-33-24-7-5-6-23(15-24)30-27(32)20(16-29)14-21-18-31(26-9-4-3-8-25(21)26)17-19-10-12-22(28)13-11-19/h3-15,18H,2,17H2,1H3,(H,30,32). The van der Waals surface area contributed by atoms with E-state index in [1.165, 1.54) is 12.1 Å². The minimum atomic E-state index is -0.499. The number of hydrogen-bond acceptors (Lipinski definition) is 3. The number of anilines is 1. The number of para-hydroxylation sites is 1. The van der Waals surface area contributed by atoms with E-state index in [0.717, 1.165) is 22.0 Å². The van der Waals surface area contributed by atoms with Crippen LogP contribution in [0, 0.1) is 17.1 Å². The number of aromatic nitrogens is 1. The molecule has 0 saturated carbocycles. The number of nitrogens with one attached hydrogen (secondary N) is 1. The van der Waals surface area contributed by atoms with E-state index < -0.39 is 5.91 Å². The molecule has 4 rings (SSSR count). The lowest BCUT2D eigenvalue weighted by atomic mass is 10.1.